The summed E-state index contributed by atoms with van der Waals surface area (Å²) in [7, 11) is 0. The van der Waals surface area contributed by atoms with Crippen LogP contribution in [0, 0.1) is 55.4 Å². The van der Waals surface area contributed by atoms with E-state index in [9.17, 15) is 4.79 Å². The summed E-state index contributed by atoms with van der Waals surface area (Å²) in [5, 5.41) is 12.4. The minimum Gasteiger partial charge on any atom is -0.461 e. The van der Waals surface area contributed by atoms with Gasteiger partial charge in [-0.25, -0.2) is 49.8 Å². The van der Waals surface area contributed by atoms with Crippen molar-refractivity contribution >= 4 is 138 Å². The molecule has 0 amide bonds. The minimum atomic E-state index is -0.282. The van der Waals surface area contributed by atoms with E-state index < -0.39 is 0 Å². The number of aromatic nitrogens is 14. The Bertz CT molecular complexity index is 4340. The summed E-state index contributed by atoms with van der Waals surface area (Å²) in [4.78, 5) is 57.2. The number of anilines is 7. The van der Waals surface area contributed by atoms with Crippen LogP contribution >= 0.6 is 22.7 Å². The molecule has 19 N–H and O–H groups in total. The number of nitrogens with one attached hydrogen (secondary N) is 5. The molecule has 0 aliphatic carbocycles. The average molecular weight is 1240 g/mol. The summed E-state index contributed by atoms with van der Waals surface area (Å²) in [6.45, 7) is 15.8. The maximum atomic E-state index is 10.8. The van der Waals surface area contributed by atoms with Crippen molar-refractivity contribution in [1.29, 1.82) is 0 Å². The quantitative estimate of drug-likeness (QED) is 0.0726. The van der Waals surface area contributed by atoms with Gasteiger partial charge in [-0.3, -0.25) is 4.98 Å². The average Bonchev–Trinajstić information content (AvgIpc) is 4.28. The topological polar surface area (TPSA) is 420 Å². The number of pyridine rings is 7. The molecule has 0 radical (unpaired) electrons. The number of hydrogen-bond acceptors (Lipinski definition) is 21. The first-order valence-electron chi connectivity index (χ1n) is 27.8. The Hall–Kier alpha value is -11.6. The van der Waals surface area contributed by atoms with E-state index in [2.05, 4.69) is 96.0 Å². The van der Waals surface area contributed by atoms with Crippen LogP contribution in [0.4, 0.5) is 40.7 Å². The van der Waals surface area contributed by atoms with Gasteiger partial charge in [-0.2, -0.15) is 5.10 Å². The summed E-state index contributed by atoms with van der Waals surface area (Å²) in [5.41, 5.74) is 48.5. The Morgan fingerprint density at radius 1 is 0.444 bits per heavy atom. The standard InChI is InChI=1S/C9H9N3O.2C8H9N3.2C8H8N2O.2C8H8N2S.C7H8N4/c1-6-2-4-7(5-3-6)8-10-9(13)12-11-8;1-5-4-6-7(11-5)2-3-10-8(6)9;1-5-4-6-2-3-10-8(9)7(6)11-5;1-5-4-6-7(11-5)2-3-10-8(6)9;1-5-4-6-2-3-10-8(9)7(6)11-5;1-5-4-6-7(11-5)2-3-10-8(6)9;1-5-4-6-2-3-10-8(9)7(6)11-5;1-4-10-5-2-3-9-7(8)6(5)11-4/h2-5H,1H3,(H2,10,11,12,13);2*2-4,11H,1H3,(H2,9,10);4*2-4H,1H3,(H2,9,10);2-3H,1H3,(H2,8,9)(H,10,11). The lowest BCUT2D eigenvalue weighted by atomic mass is 10.1. The second-order valence-corrected chi connectivity index (χ2v) is 22.9. The fraction of sp³-hybridized carbons (Fsp3) is 0.125. The van der Waals surface area contributed by atoms with Crippen molar-refractivity contribution in [3.05, 3.63) is 201 Å². The van der Waals surface area contributed by atoms with Gasteiger partial charge >= 0.3 is 5.69 Å². The number of imidazole rings is 1. The summed E-state index contributed by atoms with van der Waals surface area (Å²) in [5.74, 6) is 7.04. The number of benzene rings is 1. The second-order valence-electron chi connectivity index (χ2n) is 20.4. The van der Waals surface area contributed by atoms with Crippen molar-refractivity contribution in [3.8, 4) is 11.4 Å². The van der Waals surface area contributed by atoms with Crippen LogP contribution in [0.2, 0.25) is 0 Å². The van der Waals surface area contributed by atoms with Crippen LogP contribution in [-0.4, -0.2) is 70.0 Å². The van der Waals surface area contributed by atoms with Gasteiger partial charge in [0.15, 0.2) is 23.0 Å². The van der Waals surface area contributed by atoms with Gasteiger partial charge in [-0.1, -0.05) is 29.8 Å². The zero-order valence-electron chi connectivity index (χ0n) is 50.5. The van der Waals surface area contributed by atoms with E-state index >= 15 is 0 Å². The van der Waals surface area contributed by atoms with Crippen LogP contribution in [0.3, 0.4) is 0 Å². The first-order valence-corrected chi connectivity index (χ1v) is 29.4. The fourth-order valence-corrected chi connectivity index (χ4v) is 10.9. The highest BCUT2D eigenvalue weighted by Crippen LogP contribution is 2.30. The monoisotopic (exact) mass is 1240 g/mol. The van der Waals surface area contributed by atoms with Gasteiger partial charge in [0.05, 0.1) is 26.6 Å². The number of rotatable bonds is 1. The zero-order valence-corrected chi connectivity index (χ0v) is 52.1. The molecular weight excluding hydrogens is 1170 g/mol. The van der Waals surface area contributed by atoms with E-state index in [4.69, 9.17) is 49.0 Å². The number of nitrogens with two attached hydrogens (primary N) is 7. The first-order chi connectivity index (χ1) is 43.2. The van der Waals surface area contributed by atoms with Crippen LogP contribution in [0.15, 0.2) is 160 Å². The smallest absolute Gasteiger partial charge is 0.340 e. The third-order valence-corrected chi connectivity index (χ3v) is 15.3. The summed E-state index contributed by atoms with van der Waals surface area (Å²) < 4.78 is 13.0. The molecule has 15 heterocycles. The number of H-pyrrole nitrogens is 5. The van der Waals surface area contributed by atoms with Gasteiger partial charge < -0.3 is 63.9 Å². The van der Waals surface area contributed by atoms with E-state index in [-0.39, 0.29) is 5.69 Å². The van der Waals surface area contributed by atoms with E-state index in [1.165, 1.54) is 25.4 Å². The number of hydrogen-bond donors (Lipinski definition) is 12. The molecule has 0 aliphatic heterocycles. The van der Waals surface area contributed by atoms with Crippen LogP contribution in [0.25, 0.3) is 86.3 Å². The third-order valence-electron chi connectivity index (χ3n) is 13.2. The van der Waals surface area contributed by atoms with Gasteiger partial charge in [-0.15, -0.1) is 22.7 Å². The molecule has 0 aliphatic rings. The molecule has 1 aromatic carbocycles. The highest BCUT2D eigenvalue weighted by Gasteiger charge is 2.07. The Kier molecular flexibility index (Phi) is 19.7. The van der Waals surface area contributed by atoms with E-state index in [0.717, 1.165) is 93.6 Å². The Labute approximate surface area is 522 Å². The Morgan fingerprint density at radius 2 is 1.02 bits per heavy atom. The number of fused-ring (bicyclic) bond motifs is 7. The lowest BCUT2D eigenvalue weighted by Crippen LogP contribution is -2.00. The largest absolute Gasteiger partial charge is 0.461 e. The predicted molar refractivity (Wildman–Crippen MR) is 367 cm³/mol. The number of nitrogen functional groups attached to an aromatic ring is 7. The molecule has 15 aromatic heterocycles. The van der Waals surface area contributed by atoms with Gasteiger partial charge in [0, 0.05) is 96.3 Å². The van der Waals surface area contributed by atoms with Crippen LogP contribution < -0.4 is 45.8 Å². The molecule has 0 unspecified atom stereocenters. The summed E-state index contributed by atoms with van der Waals surface area (Å²) in [6, 6.07) is 33.2. The van der Waals surface area contributed by atoms with Crippen molar-refractivity contribution in [3.63, 3.8) is 0 Å². The molecule has 16 aromatic rings. The van der Waals surface area contributed by atoms with Crippen LogP contribution in [-0.2, 0) is 0 Å². The van der Waals surface area contributed by atoms with Crippen molar-refractivity contribution < 1.29 is 8.83 Å². The van der Waals surface area contributed by atoms with Crippen LogP contribution in [0.1, 0.15) is 44.1 Å². The predicted octanol–water partition coefficient (Wildman–Crippen LogP) is 12.6. The molecule has 0 saturated heterocycles. The molecular formula is C64H67N21O3S2. The summed E-state index contributed by atoms with van der Waals surface area (Å²) >= 11 is 3.44. The number of nitrogens with zero attached hydrogens (tertiary/aromatic N) is 9. The van der Waals surface area contributed by atoms with Crippen molar-refractivity contribution in [1.82, 2.24) is 70.0 Å². The third kappa shape index (κ3) is 15.9. The lowest BCUT2D eigenvalue weighted by molar-refractivity contribution is 0.578. The molecule has 458 valence electrons. The van der Waals surface area contributed by atoms with Crippen LogP contribution in [0.5, 0.6) is 0 Å². The molecule has 26 heteroatoms. The van der Waals surface area contributed by atoms with Crippen molar-refractivity contribution in [2.75, 3.05) is 40.1 Å². The SMILES string of the molecule is Cc1cc2c(N)nccc2[nH]1.Cc1cc2c(N)nccc2o1.Cc1cc2c(N)nccc2s1.Cc1cc2ccnc(N)c2[nH]1.Cc1cc2ccnc(N)c2o1.Cc1cc2ccnc(N)c2s1.Cc1ccc(-c2n[nH]c(=O)[nH]2)cc1.Cc1nc2c(N)nccc2[nH]1. The molecule has 16 rings (SSSR count). The highest BCUT2D eigenvalue weighted by atomic mass is 32.1. The van der Waals surface area contributed by atoms with Gasteiger partial charge in [0.1, 0.15) is 57.5 Å². The zero-order chi connectivity index (χ0) is 64.2. The maximum Gasteiger partial charge on any atom is 0.340 e. The van der Waals surface area contributed by atoms with E-state index in [1.54, 1.807) is 72.1 Å². The molecule has 0 bridgehead atoms. The number of thiophene rings is 2. The molecule has 0 spiro atoms. The molecule has 0 fully saturated rings. The van der Waals surface area contributed by atoms with Gasteiger partial charge in [0.25, 0.3) is 0 Å². The van der Waals surface area contributed by atoms with Crippen molar-refractivity contribution in [2.45, 2.75) is 55.4 Å². The summed E-state index contributed by atoms with van der Waals surface area (Å²) in [6.07, 6.45) is 11.9. The fourth-order valence-electron chi connectivity index (χ4n) is 9.08. The first kappa shape index (κ1) is 62.9. The maximum absolute atomic E-state index is 10.8. The number of aromatic amines is 5. The molecule has 90 heavy (non-hydrogen) atoms. The van der Waals surface area contributed by atoms with Crippen molar-refractivity contribution in [2.24, 2.45) is 0 Å². The normalized spacial score (nSPS) is 10.6. The minimum absolute atomic E-state index is 0.282. The van der Waals surface area contributed by atoms with Gasteiger partial charge in [-0.05, 0) is 140 Å². The van der Waals surface area contributed by atoms with E-state index in [1.807, 2.05) is 126 Å². The van der Waals surface area contributed by atoms with E-state index in [0.29, 0.717) is 52.1 Å². The highest BCUT2D eigenvalue weighted by molar-refractivity contribution is 7.19. The Morgan fingerprint density at radius 3 is 1.67 bits per heavy atom. The lowest BCUT2D eigenvalue weighted by Gasteiger charge is -1.95. The number of furan rings is 2. The molecule has 0 saturated carbocycles. The Balaban J connectivity index is 0.000000122. The molecule has 0 atom stereocenters. The molecule has 24 nitrogen and oxygen atoms in total. The number of aryl methyl sites for hydroxylation is 8. The van der Waals surface area contributed by atoms with Gasteiger partial charge in [0.2, 0.25) is 0 Å². The second kappa shape index (κ2) is 28.3.